The van der Waals surface area contributed by atoms with Gasteiger partial charge in [-0.2, -0.15) is 0 Å². The number of ether oxygens (including phenoxy) is 1. The number of pyridine rings is 1. The molecule has 1 aromatic rings. The van der Waals surface area contributed by atoms with Crippen LogP contribution in [0, 0.1) is 17.0 Å². The molecule has 0 aliphatic rings. The van der Waals surface area contributed by atoms with Crippen LogP contribution in [0.3, 0.4) is 0 Å². The summed E-state index contributed by atoms with van der Waals surface area (Å²) in [6.07, 6.45) is 1.45. The number of rotatable bonds is 6. The maximum atomic E-state index is 10.7. The third-order valence-electron chi connectivity index (χ3n) is 2.03. The van der Waals surface area contributed by atoms with E-state index in [9.17, 15) is 10.1 Å². The number of aromatic nitrogens is 1. The quantitative estimate of drug-likeness (QED) is 0.448. The zero-order chi connectivity index (χ0) is 12.0. The SMILES string of the molecule is CCNCCOc1cc([N+](=O)[O-])c(C)cn1. The first-order chi connectivity index (χ1) is 7.65. The summed E-state index contributed by atoms with van der Waals surface area (Å²) in [4.78, 5) is 14.2. The van der Waals surface area contributed by atoms with Crippen molar-refractivity contribution in [1.82, 2.24) is 10.3 Å². The van der Waals surface area contributed by atoms with Crippen molar-refractivity contribution >= 4 is 5.69 Å². The van der Waals surface area contributed by atoms with E-state index >= 15 is 0 Å². The normalized spacial score (nSPS) is 10.1. The summed E-state index contributed by atoms with van der Waals surface area (Å²) < 4.78 is 5.28. The van der Waals surface area contributed by atoms with E-state index in [1.807, 2.05) is 6.92 Å². The lowest BCUT2D eigenvalue weighted by atomic mass is 10.3. The van der Waals surface area contributed by atoms with Crippen molar-refractivity contribution in [3.8, 4) is 5.88 Å². The largest absolute Gasteiger partial charge is 0.476 e. The highest BCUT2D eigenvalue weighted by Crippen LogP contribution is 2.20. The molecule has 0 fully saturated rings. The van der Waals surface area contributed by atoms with Gasteiger partial charge >= 0.3 is 0 Å². The van der Waals surface area contributed by atoms with Crippen molar-refractivity contribution < 1.29 is 9.66 Å². The molecule has 88 valence electrons. The Morgan fingerprint density at radius 3 is 3.00 bits per heavy atom. The molecule has 0 unspecified atom stereocenters. The zero-order valence-electron chi connectivity index (χ0n) is 9.40. The van der Waals surface area contributed by atoms with E-state index in [1.54, 1.807) is 6.92 Å². The number of aryl methyl sites for hydroxylation is 1. The molecular weight excluding hydrogens is 210 g/mol. The van der Waals surface area contributed by atoms with Crippen LogP contribution in [0.4, 0.5) is 5.69 Å². The van der Waals surface area contributed by atoms with E-state index in [0.717, 1.165) is 6.54 Å². The lowest BCUT2D eigenvalue weighted by Gasteiger charge is -2.05. The number of nitro groups is 1. The molecule has 1 N–H and O–H groups in total. The van der Waals surface area contributed by atoms with Gasteiger partial charge in [0.25, 0.3) is 5.69 Å². The first-order valence-electron chi connectivity index (χ1n) is 5.09. The van der Waals surface area contributed by atoms with Gasteiger partial charge in [-0.25, -0.2) is 4.98 Å². The van der Waals surface area contributed by atoms with Gasteiger partial charge in [-0.3, -0.25) is 10.1 Å². The predicted octanol–water partition coefficient (Wildman–Crippen LogP) is 1.29. The van der Waals surface area contributed by atoms with Gasteiger partial charge < -0.3 is 10.1 Å². The van der Waals surface area contributed by atoms with Crippen molar-refractivity contribution in [1.29, 1.82) is 0 Å². The molecular formula is C10H15N3O3. The fraction of sp³-hybridized carbons (Fsp3) is 0.500. The number of hydrogen-bond acceptors (Lipinski definition) is 5. The Labute approximate surface area is 93.8 Å². The van der Waals surface area contributed by atoms with Crippen molar-refractivity contribution in [3.05, 3.63) is 27.9 Å². The molecule has 0 radical (unpaired) electrons. The molecule has 0 aliphatic heterocycles. The molecule has 16 heavy (non-hydrogen) atoms. The average Bonchev–Trinajstić information content (AvgIpc) is 2.26. The topological polar surface area (TPSA) is 77.3 Å². The Kier molecular flexibility index (Phi) is 4.65. The van der Waals surface area contributed by atoms with Gasteiger partial charge in [0.05, 0.1) is 11.0 Å². The van der Waals surface area contributed by atoms with E-state index in [4.69, 9.17) is 4.74 Å². The van der Waals surface area contributed by atoms with Crippen LogP contribution in [-0.4, -0.2) is 29.6 Å². The molecule has 1 heterocycles. The third-order valence-corrected chi connectivity index (χ3v) is 2.03. The van der Waals surface area contributed by atoms with Crippen molar-refractivity contribution in [2.24, 2.45) is 0 Å². The predicted molar refractivity (Wildman–Crippen MR) is 59.7 cm³/mol. The highest BCUT2D eigenvalue weighted by molar-refractivity contribution is 5.40. The lowest BCUT2D eigenvalue weighted by molar-refractivity contribution is -0.385. The minimum absolute atomic E-state index is 0.0356. The first-order valence-corrected chi connectivity index (χ1v) is 5.09. The second-order valence-corrected chi connectivity index (χ2v) is 3.27. The molecule has 0 spiro atoms. The first kappa shape index (κ1) is 12.4. The molecule has 6 nitrogen and oxygen atoms in total. The summed E-state index contributed by atoms with van der Waals surface area (Å²) in [6, 6.07) is 1.35. The van der Waals surface area contributed by atoms with E-state index in [2.05, 4.69) is 10.3 Å². The molecule has 0 bridgehead atoms. The van der Waals surface area contributed by atoms with Crippen LogP contribution < -0.4 is 10.1 Å². The van der Waals surface area contributed by atoms with Gasteiger partial charge in [0.15, 0.2) is 0 Å². The van der Waals surface area contributed by atoms with E-state index in [-0.39, 0.29) is 11.6 Å². The van der Waals surface area contributed by atoms with Gasteiger partial charge in [0.1, 0.15) is 6.61 Å². The van der Waals surface area contributed by atoms with Gasteiger partial charge in [-0.05, 0) is 13.5 Å². The highest BCUT2D eigenvalue weighted by atomic mass is 16.6. The van der Waals surface area contributed by atoms with Crippen LogP contribution in [0.1, 0.15) is 12.5 Å². The Morgan fingerprint density at radius 1 is 1.62 bits per heavy atom. The molecule has 1 rings (SSSR count). The summed E-state index contributed by atoms with van der Waals surface area (Å²) in [6.45, 7) is 5.65. The minimum Gasteiger partial charge on any atom is -0.476 e. The average molecular weight is 225 g/mol. The van der Waals surface area contributed by atoms with Gasteiger partial charge in [-0.1, -0.05) is 6.92 Å². The maximum absolute atomic E-state index is 10.7. The summed E-state index contributed by atoms with van der Waals surface area (Å²) in [5, 5.41) is 13.7. The summed E-state index contributed by atoms with van der Waals surface area (Å²) in [5.41, 5.74) is 0.567. The van der Waals surface area contributed by atoms with Crippen LogP contribution >= 0.6 is 0 Å². The Bertz CT molecular complexity index is 368. The number of nitrogens with one attached hydrogen (secondary N) is 1. The van der Waals surface area contributed by atoms with E-state index in [0.29, 0.717) is 18.7 Å². The zero-order valence-corrected chi connectivity index (χ0v) is 9.40. The number of hydrogen-bond donors (Lipinski definition) is 1. The van der Waals surface area contributed by atoms with Crippen LogP contribution in [0.25, 0.3) is 0 Å². The molecule has 0 saturated carbocycles. The molecule has 0 atom stereocenters. The van der Waals surface area contributed by atoms with Gasteiger partial charge in [0, 0.05) is 18.3 Å². The van der Waals surface area contributed by atoms with Crippen LogP contribution in [0.2, 0.25) is 0 Å². The van der Waals surface area contributed by atoms with E-state index < -0.39 is 4.92 Å². The monoisotopic (exact) mass is 225 g/mol. The fourth-order valence-corrected chi connectivity index (χ4v) is 1.17. The Morgan fingerprint density at radius 2 is 2.38 bits per heavy atom. The van der Waals surface area contributed by atoms with Crippen LogP contribution in [0.15, 0.2) is 12.3 Å². The molecule has 1 aromatic heterocycles. The van der Waals surface area contributed by atoms with Crippen molar-refractivity contribution in [2.45, 2.75) is 13.8 Å². The second kappa shape index (κ2) is 6.02. The number of nitrogens with zero attached hydrogens (tertiary/aromatic N) is 2. The van der Waals surface area contributed by atoms with Crippen LogP contribution in [-0.2, 0) is 0 Å². The molecule has 0 amide bonds. The molecule has 0 aromatic carbocycles. The van der Waals surface area contributed by atoms with Gasteiger partial charge in [-0.15, -0.1) is 0 Å². The van der Waals surface area contributed by atoms with Crippen molar-refractivity contribution in [2.75, 3.05) is 19.7 Å². The maximum Gasteiger partial charge on any atom is 0.279 e. The lowest BCUT2D eigenvalue weighted by Crippen LogP contribution is -2.20. The smallest absolute Gasteiger partial charge is 0.279 e. The minimum atomic E-state index is -0.436. The molecule has 6 heteroatoms. The molecule has 0 saturated heterocycles. The third kappa shape index (κ3) is 3.47. The second-order valence-electron chi connectivity index (χ2n) is 3.27. The summed E-state index contributed by atoms with van der Waals surface area (Å²) in [5.74, 6) is 0.287. The fourth-order valence-electron chi connectivity index (χ4n) is 1.17. The Hall–Kier alpha value is -1.69. The van der Waals surface area contributed by atoms with Gasteiger partial charge in [0.2, 0.25) is 5.88 Å². The standard InChI is InChI=1S/C10H15N3O3/c1-3-11-4-5-16-10-6-9(13(14)15)8(2)7-12-10/h6-7,11H,3-5H2,1-2H3. The Balaban J connectivity index is 2.61. The summed E-state index contributed by atoms with van der Waals surface area (Å²) >= 11 is 0. The summed E-state index contributed by atoms with van der Waals surface area (Å²) in [7, 11) is 0. The van der Waals surface area contributed by atoms with Crippen LogP contribution in [0.5, 0.6) is 5.88 Å². The number of likely N-dealkylation sites (N-methyl/N-ethyl adjacent to an activating group) is 1. The molecule has 0 aliphatic carbocycles. The highest BCUT2D eigenvalue weighted by Gasteiger charge is 2.12. The van der Waals surface area contributed by atoms with Crippen molar-refractivity contribution in [3.63, 3.8) is 0 Å². The van der Waals surface area contributed by atoms with E-state index in [1.165, 1.54) is 12.3 Å².